The number of carbonyl (C=O) groups excluding carboxylic acids is 1. The van der Waals surface area contributed by atoms with Crippen LogP contribution in [-0.2, 0) is 11.2 Å². The van der Waals surface area contributed by atoms with Crippen LogP contribution in [0.15, 0.2) is 24.3 Å². The van der Waals surface area contributed by atoms with Gasteiger partial charge in [0.25, 0.3) is 0 Å². The van der Waals surface area contributed by atoms with Crippen molar-refractivity contribution in [2.75, 3.05) is 7.11 Å². The van der Waals surface area contributed by atoms with E-state index in [0.717, 1.165) is 16.5 Å². The van der Waals surface area contributed by atoms with Crippen molar-refractivity contribution in [2.45, 2.75) is 6.42 Å². The van der Waals surface area contributed by atoms with Gasteiger partial charge in [0, 0.05) is 4.48 Å². The average molecular weight is 253 g/mol. The Kier molecular flexibility index (Phi) is 2.42. The van der Waals surface area contributed by atoms with Crippen LogP contribution < -0.4 is 0 Å². The maximum Gasteiger partial charge on any atom is 0.337 e. The lowest BCUT2D eigenvalue weighted by Gasteiger charge is -2.03. The predicted molar refractivity (Wildman–Crippen MR) is 58.4 cm³/mol. The summed E-state index contributed by atoms with van der Waals surface area (Å²) in [6.07, 6.45) is 2.96. The number of hydrogen-bond acceptors (Lipinski definition) is 2. The highest BCUT2D eigenvalue weighted by molar-refractivity contribution is 9.15. The van der Waals surface area contributed by atoms with Crippen LogP contribution in [0.1, 0.15) is 21.5 Å². The molecule has 0 bridgehead atoms. The van der Waals surface area contributed by atoms with E-state index < -0.39 is 0 Å². The quantitative estimate of drug-likeness (QED) is 0.719. The minimum Gasteiger partial charge on any atom is -0.465 e. The van der Waals surface area contributed by atoms with E-state index in [9.17, 15) is 4.79 Å². The standard InChI is InChI=1S/C11H9BrO2/c1-14-11(13)8-2-4-9-7(6-8)3-5-10(9)12/h2,4-6H,3H2,1H3. The first-order chi connectivity index (χ1) is 6.72. The topological polar surface area (TPSA) is 26.3 Å². The van der Waals surface area contributed by atoms with E-state index in [1.807, 2.05) is 12.1 Å². The molecule has 2 rings (SSSR count). The van der Waals surface area contributed by atoms with Gasteiger partial charge < -0.3 is 4.74 Å². The minimum atomic E-state index is -0.282. The SMILES string of the molecule is COC(=O)c1ccc2c(c1)CC=C2Br. The van der Waals surface area contributed by atoms with Gasteiger partial charge in [0.2, 0.25) is 0 Å². The van der Waals surface area contributed by atoms with Crippen LogP contribution in [0.2, 0.25) is 0 Å². The van der Waals surface area contributed by atoms with Gasteiger partial charge in [-0.1, -0.05) is 28.1 Å². The van der Waals surface area contributed by atoms with E-state index in [0.29, 0.717) is 5.56 Å². The Labute approximate surface area is 90.7 Å². The molecule has 1 aromatic carbocycles. The van der Waals surface area contributed by atoms with Crippen LogP contribution in [0.4, 0.5) is 0 Å². The molecule has 0 amide bonds. The molecule has 14 heavy (non-hydrogen) atoms. The molecule has 0 aliphatic heterocycles. The van der Waals surface area contributed by atoms with E-state index >= 15 is 0 Å². The molecule has 0 aromatic heterocycles. The number of benzene rings is 1. The summed E-state index contributed by atoms with van der Waals surface area (Å²) in [5.74, 6) is -0.282. The van der Waals surface area contributed by atoms with Crippen molar-refractivity contribution < 1.29 is 9.53 Å². The van der Waals surface area contributed by atoms with Crippen molar-refractivity contribution in [2.24, 2.45) is 0 Å². The summed E-state index contributed by atoms with van der Waals surface area (Å²) in [6, 6.07) is 5.60. The third-order valence-corrected chi connectivity index (χ3v) is 3.04. The van der Waals surface area contributed by atoms with Gasteiger partial charge >= 0.3 is 5.97 Å². The van der Waals surface area contributed by atoms with Crippen LogP contribution in [-0.4, -0.2) is 13.1 Å². The summed E-state index contributed by atoms with van der Waals surface area (Å²) in [5, 5.41) is 0. The molecular weight excluding hydrogens is 244 g/mol. The lowest BCUT2D eigenvalue weighted by molar-refractivity contribution is 0.0600. The molecule has 0 atom stereocenters. The van der Waals surface area contributed by atoms with Gasteiger partial charge in [-0.25, -0.2) is 4.79 Å². The smallest absolute Gasteiger partial charge is 0.337 e. The summed E-state index contributed by atoms with van der Waals surface area (Å²) < 4.78 is 5.76. The highest BCUT2D eigenvalue weighted by Gasteiger charge is 2.14. The fourth-order valence-corrected chi connectivity index (χ4v) is 2.10. The lowest BCUT2D eigenvalue weighted by atomic mass is 10.1. The van der Waals surface area contributed by atoms with Crippen molar-refractivity contribution in [3.8, 4) is 0 Å². The molecule has 0 N–H and O–H groups in total. The number of halogens is 1. The highest BCUT2D eigenvalue weighted by atomic mass is 79.9. The number of esters is 1. The molecule has 0 fully saturated rings. The Balaban J connectivity index is 2.40. The molecule has 0 unspecified atom stereocenters. The van der Waals surface area contributed by atoms with Gasteiger partial charge in [0.15, 0.2) is 0 Å². The van der Waals surface area contributed by atoms with Crippen molar-refractivity contribution in [3.05, 3.63) is 41.0 Å². The molecule has 0 spiro atoms. The molecule has 1 aliphatic carbocycles. The molecule has 0 saturated heterocycles. The number of rotatable bonds is 1. The van der Waals surface area contributed by atoms with E-state index in [4.69, 9.17) is 0 Å². The van der Waals surface area contributed by atoms with E-state index in [-0.39, 0.29) is 5.97 Å². The zero-order valence-electron chi connectivity index (χ0n) is 7.71. The number of fused-ring (bicyclic) bond motifs is 1. The second-order valence-electron chi connectivity index (χ2n) is 3.12. The number of hydrogen-bond donors (Lipinski definition) is 0. The maximum absolute atomic E-state index is 11.2. The molecule has 0 saturated carbocycles. The molecule has 72 valence electrons. The molecule has 3 heteroatoms. The summed E-state index contributed by atoms with van der Waals surface area (Å²) >= 11 is 3.46. The second-order valence-corrected chi connectivity index (χ2v) is 3.97. The summed E-state index contributed by atoms with van der Waals surface area (Å²) in [6.45, 7) is 0. The molecule has 2 nitrogen and oxygen atoms in total. The van der Waals surface area contributed by atoms with E-state index in [2.05, 4.69) is 26.7 Å². The zero-order valence-corrected chi connectivity index (χ0v) is 9.30. The van der Waals surface area contributed by atoms with E-state index in [1.165, 1.54) is 12.7 Å². The van der Waals surface area contributed by atoms with E-state index in [1.54, 1.807) is 6.07 Å². The molecule has 1 aliphatic rings. The summed E-state index contributed by atoms with van der Waals surface area (Å²) in [4.78, 5) is 11.2. The minimum absolute atomic E-state index is 0.282. The first-order valence-electron chi connectivity index (χ1n) is 4.29. The Bertz CT molecular complexity index is 421. The van der Waals surface area contributed by atoms with Crippen LogP contribution in [0, 0.1) is 0 Å². The third-order valence-electron chi connectivity index (χ3n) is 2.28. The monoisotopic (exact) mass is 252 g/mol. The first-order valence-corrected chi connectivity index (χ1v) is 5.09. The number of allylic oxidation sites excluding steroid dienone is 1. The Hall–Kier alpha value is -1.09. The van der Waals surface area contributed by atoms with Crippen LogP contribution in [0.25, 0.3) is 4.48 Å². The van der Waals surface area contributed by atoms with Crippen molar-refractivity contribution in [1.29, 1.82) is 0 Å². The van der Waals surface area contributed by atoms with Crippen LogP contribution >= 0.6 is 15.9 Å². The zero-order chi connectivity index (χ0) is 10.1. The second kappa shape index (κ2) is 3.58. The van der Waals surface area contributed by atoms with Gasteiger partial charge in [-0.2, -0.15) is 0 Å². The fourth-order valence-electron chi connectivity index (χ4n) is 1.55. The van der Waals surface area contributed by atoms with Crippen LogP contribution in [0.3, 0.4) is 0 Å². The number of ether oxygens (including phenoxy) is 1. The molecular formula is C11H9BrO2. The third kappa shape index (κ3) is 1.48. The van der Waals surface area contributed by atoms with Crippen molar-refractivity contribution in [3.63, 3.8) is 0 Å². The number of carbonyl (C=O) groups is 1. The molecule has 0 radical (unpaired) electrons. The predicted octanol–water partition coefficient (Wildman–Crippen LogP) is 2.77. The van der Waals surface area contributed by atoms with Gasteiger partial charge in [0.05, 0.1) is 12.7 Å². The Morgan fingerprint density at radius 2 is 2.29 bits per heavy atom. The normalized spacial score (nSPS) is 13.4. The average Bonchev–Trinajstić information content (AvgIpc) is 2.59. The largest absolute Gasteiger partial charge is 0.465 e. The Morgan fingerprint density at radius 1 is 1.50 bits per heavy atom. The van der Waals surface area contributed by atoms with Gasteiger partial charge in [0.1, 0.15) is 0 Å². The lowest BCUT2D eigenvalue weighted by Crippen LogP contribution is -2.01. The first kappa shape index (κ1) is 9.46. The summed E-state index contributed by atoms with van der Waals surface area (Å²) in [7, 11) is 1.39. The maximum atomic E-state index is 11.2. The molecule has 0 heterocycles. The van der Waals surface area contributed by atoms with Gasteiger partial charge in [-0.3, -0.25) is 0 Å². The molecule has 1 aromatic rings. The van der Waals surface area contributed by atoms with Gasteiger partial charge in [-0.05, 0) is 29.7 Å². The number of methoxy groups -OCH3 is 1. The van der Waals surface area contributed by atoms with Gasteiger partial charge in [-0.15, -0.1) is 0 Å². The summed E-state index contributed by atoms with van der Waals surface area (Å²) in [5.41, 5.74) is 2.94. The van der Waals surface area contributed by atoms with Crippen molar-refractivity contribution in [1.82, 2.24) is 0 Å². The highest BCUT2D eigenvalue weighted by Crippen LogP contribution is 2.32. The fraction of sp³-hybridized carbons (Fsp3) is 0.182. The van der Waals surface area contributed by atoms with Crippen LogP contribution in [0.5, 0.6) is 0 Å². The van der Waals surface area contributed by atoms with Crippen molar-refractivity contribution >= 4 is 26.4 Å². The Morgan fingerprint density at radius 3 is 3.00 bits per heavy atom.